The fourth-order valence-electron chi connectivity index (χ4n) is 2.75. The van der Waals surface area contributed by atoms with Gasteiger partial charge in [0.05, 0.1) is 0 Å². The zero-order valence-corrected chi connectivity index (χ0v) is 12.6. The number of likely N-dealkylation sites (tertiary alicyclic amines) is 1. The van der Waals surface area contributed by atoms with Gasteiger partial charge in [-0.25, -0.2) is 0 Å². The van der Waals surface area contributed by atoms with Crippen molar-refractivity contribution in [1.29, 1.82) is 0 Å². The molecule has 108 valence electrons. The molecule has 1 saturated heterocycles. The van der Waals surface area contributed by atoms with Crippen LogP contribution in [0.4, 0.5) is 0 Å². The van der Waals surface area contributed by atoms with Gasteiger partial charge in [0.25, 0.3) is 0 Å². The van der Waals surface area contributed by atoms with Crippen molar-refractivity contribution in [2.24, 2.45) is 5.92 Å². The number of rotatable bonds is 9. The van der Waals surface area contributed by atoms with Crippen LogP contribution in [0.25, 0.3) is 0 Å². The summed E-state index contributed by atoms with van der Waals surface area (Å²) >= 11 is 0. The molecule has 1 aliphatic heterocycles. The fraction of sp³-hybridized carbons (Fsp3) is 1.00. The van der Waals surface area contributed by atoms with Gasteiger partial charge in [0.1, 0.15) is 0 Å². The molecule has 0 aromatic rings. The van der Waals surface area contributed by atoms with Crippen LogP contribution in [-0.4, -0.2) is 50.3 Å². The van der Waals surface area contributed by atoms with Gasteiger partial charge in [-0.2, -0.15) is 0 Å². The minimum atomic E-state index is 0.690. The lowest BCUT2D eigenvalue weighted by Crippen LogP contribution is -2.42. The summed E-state index contributed by atoms with van der Waals surface area (Å²) in [5.41, 5.74) is 0. The molecule has 0 radical (unpaired) electrons. The van der Waals surface area contributed by atoms with Crippen molar-refractivity contribution in [3.8, 4) is 0 Å². The summed E-state index contributed by atoms with van der Waals surface area (Å²) in [5.74, 6) is 0.875. The highest BCUT2D eigenvalue weighted by molar-refractivity contribution is 4.79. The van der Waals surface area contributed by atoms with E-state index in [1.165, 1.54) is 45.3 Å². The molecule has 0 spiro atoms. The van der Waals surface area contributed by atoms with Gasteiger partial charge in [-0.05, 0) is 65.1 Å². The second-order valence-corrected chi connectivity index (χ2v) is 5.47. The van der Waals surface area contributed by atoms with Crippen LogP contribution in [0.2, 0.25) is 0 Å². The first-order valence-electron chi connectivity index (χ1n) is 7.81. The average molecular weight is 256 g/mol. The van der Waals surface area contributed by atoms with E-state index in [0.29, 0.717) is 6.04 Å². The Hall–Kier alpha value is -0.120. The van der Waals surface area contributed by atoms with Crippen molar-refractivity contribution in [2.45, 2.75) is 52.5 Å². The summed E-state index contributed by atoms with van der Waals surface area (Å²) in [6, 6.07) is 0.690. The average Bonchev–Trinajstić information content (AvgIpc) is 2.41. The summed E-state index contributed by atoms with van der Waals surface area (Å²) < 4.78 is 5.39. The zero-order valence-electron chi connectivity index (χ0n) is 12.6. The van der Waals surface area contributed by atoms with Gasteiger partial charge in [0.15, 0.2) is 0 Å². The lowest BCUT2D eigenvalue weighted by Gasteiger charge is -2.35. The van der Waals surface area contributed by atoms with E-state index < -0.39 is 0 Å². The smallest absolute Gasteiger partial charge is 0.0478 e. The highest BCUT2D eigenvalue weighted by atomic mass is 16.5. The predicted molar refractivity (Wildman–Crippen MR) is 78.0 cm³/mol. The second-order valence-electron chi connectivity index (χ2n) is 5.47. The molecule has 1 aliphatic rings. The van der Waals surface area contributed by atoms with Gasteiger partial charge >= 0.3 is 0 Å². The van der Waals surface area contributed by atoms with E-state index in [9.17, 15) is 0 Å². The number of nitrogens with zero attached hydrogens (tertiary/aromatic N) is 1. The van der Waals surface area contributed by atoms with Crippen LogP contribution in [0.5, 0.6) is 0 Å². The molecule has 0 saturated carbocycles. The Bertz CT molecular complexity index is 191. The van der Waals surface area contributed by atoms with Gasteiger partial charge in [-0.1, -0.05) is 6.92 Å². The third-order valence-corrected chi connectivity index (χ3v) is 4.02. The maximum absolute atomic E-state index is 5.39. The van der Waals surface area contributed by atoms with Crippen molar-refractivity contribution in [3.05, 3.63) is 0 Å². The summed E-state index contributed by atoms with van der Waals surface area (Å²) in [6.45, 7) is 13.3. The van der Waals surface area contributed by atoms with Gasteiger partial charge in [0.2, 0.25) is 0 Å². The van der Waals surface area contributed by atoms with Crippen LogP contribution in [0, 0.1) is 5.92 Å². The maximum Gasteiger partial charge on any atom is 0.0478 e. The first kappa shape index (κ1) is 15.9. The third-order valence-electron chi connectivity index (χ3n) is 4.02. The Balaban J connectivity index is 2.08. The molecular weight excluding hydrogens is 224 g/mol. The Morgan fingerprint density at radius 3 is 2.61 bits per heavy atom. The zero-order chi connectivity index (χ0) is 13.2. The number of hydrogen-bond donors (Lipinski definition) is 1. The molecule has 1 fully saturated rings. The first-order chi connectivity index (χ1) is 8.77. The summed E-state index contributed by atoms with van der Waals surface area (Å²) in [4.78, 5) is 2.60. The Morgan fingerprint density at radius 2 is 2.00 bits per heavy atom. The molecule has 0 aliphatic carbocycles. The molecule has 1 heterocycles. The third kappa shape index (κ3) is 6.17. The number of ether oxygens (including phenoxy) is 1. The summed E-state index contributed by atoms with van der Waals surface area (Å²) in [5, 5.41) is 3.64. The maximum atomic E-state index is 5.39. The van der Waals surface area contributed by atoms with E-state index in [1.54, 1.807) is 0 Å². The molecule has 0 bridgehead atoms. The molecule has 1 atom stereocenters. The van der Waals surface area contributed by atoms with Gasteiger partial charge in [-0.15, -0.1) is 0 Å². The van der Waals surface area contributed by atoms with Crippen molar-refractivity contribution < 1.29 is 4.74 Å². The summed E-state index contributed by atoms with van der Waals surface area (Å²) in [7, 11) is 0. The predicted octanol–water partition coefficient (Wildman–Crippen LogP) is 2.51. The molecule has 1 rings (SSSR count). The SMILES string of the molecule is CCCNC(C)C1CCN(CCCOCC)CC1. The van der Waals surface area contributed by atoms with E-state index >= 15 is 0 Å². The Kier molecular flexibility index (Phi) is 8.64. The molecule has 0 aromatic heterocycles. The van der Waals surface area contributed by atoms with E-state index in [1.807, 2.05) is 0 Å². The van der Waals surface area contributed by atoms with Crippen LogP contribution in [-0.2, 0) is 4.74 Å². The van der Waals surface area contributed by atoms with Gasteiger partial charge in [0, 0.05) is 25.8 Å². The molecule has 18 heavy (non-hydrogen) atoms. The molecule has 1 N–H and O–H groups in total. The van der Waals surface area contributed by atoms with Crippen molar-refractivity contribution in [1.82, 2.24) is 10.2 Å². The molecule has 1 unspecified atom stereocenters. The number of piperidine rings is 1. The van der Waals surface area contributed by atoms with E-state index in [0.717, 1.165) is 25.7 Å². The second kappa shape index (κ2) is 9.76. The van der Waals surface area contributed by atoms with E-state index in [2.05, 4.69) is 31.0 Å². The highest BCUT2D eigenvalue weighted by Crippen LogP contribution is 2.20. The lowest BCUT2D eigenvalue weighted by molar-refractivity contribution is 0.116. The highest BCUT2D eigenvalue weighted by Gasteiger charge is 2.22. The van der Waals surface area contributed by atoms with Crippen LogP contribution < -0.4 is 5.32 Å². The fourth-order valence-corrected chi connectivity index (χ4v) is 2.75. The van der Waals surface area contributed by atoms with Crippen LogP contribution in [0.1, 0.15) is 46.5 Å². The lowest BCUT2D eigenvalue weighted by atomic mass is 9.90. The Labute approximate surface area is 113 Å². The van der Waals surface area contributed by atoms with Crippen LogP contribution in [0.15, 0.2) is 0 Å². The number of hydrogen-bond acceptors (Lipinski definition) is 3. The largest absolute Gasteiger partial charge is 0.382 e. The minimum absolute atomic E-state index is 0.690. The first-order valence-corrected chi connectivity index (χ1v) is 7.81. The quantitative estimate of drug-likeness (QED) is 0.642. The van der Waals surface area contributed by atoms with Gasteiger partial charge in [-0.3, -0.25) is 0 Å². The van der Waals surface area contributed by atoms with Crippen molar-refractivity contribution in [2.75, 3.05) is 39.4 Å². The monoisotopic (exact) mass is 256 g/mol. The van der Waals surface area contributed by atoms with E-state index in [-0.39, 0.29) is 0 Å². The number of nitrogens with one attached hydrogen (secondary N) is 1. The molecule has 3 nitrogen and oxygen atoms in total. The van der Waals surface area contributed by atoms with Crippen molar-refractivity contribution in [3.63, 3.8) is 0 Å². The van der Waals surface area contributed by atoms with Crippen LogP contribution >= 0.6 is 0 Å². The Morgan fingerprint density at radius 1 is 1.28 bits per heavy atom. The van der Waals surface area contributed by atoms with Gasteiger partial charge < -0.3 is 15.0 Å². The minimum Gasteiger partial charge on any atom is -0.382 e. The molecular formula is C15H32N2O. The molecule has 0 aromatic carbocycles. The summed E-state index contributed by atoms with van der Waals surface area (Å²) in [6.07, 6.45) is 5.13. The van der Waals surface area contributed by atoms with Crippen LogP contribution in [0.3, 0.4) is 0 Å². The standard InChI is InChI=1S/C15H32N2O/c1-4-9-16-14(3)15-7-11-17(12-8-15)10-6-13-18-5-2/h14-16H,4-13H2,1-3H3. The topological polar surface area (TPSA) is 24.5 Å². The molecule has 3 heteroatoms. The van der Waals surface area contributed by atoms with Crippen molar-refractivity contribution >= 4 is 0 Å². The van der Waals surface area contributed by atoms with E-state index in [4.69, 9.17) is 4.74 Å². The normalized spacial score (nSPS) is 20.2. The molecule has 0 amide bonds.